The molecule has 6 heteroatoms. The van der Waals surface area contributed by atoms with Gasteiger partial charge in [0.05, 0.1) is 13.0 Å². The van der Waals surface area contributed by atoms with Gasteiger partial charge in [-0.25, -0.2) is 0 Å². The number of carbonyl (C=O) groups is 2. The number of hydrogen-bond acceptors (Lipinski definition) is 4. The Labute approximate surface area is 109 Å². The molecule has 0 fully saturated rings. The fraction of sp³-hybridized carbons (Fsp3) is 0.800. The monoisotopic (exact) mass is 314 g/mol. The van der Waals surface area contributed by atoms with Crippen molar-refractivity contribution in [2.45, 2.75) is 32.3 Å². The maximum Gasteiger partial charge on any atom is 0.321 e. The number of alkyl halides is 2. The van der Waals surface area contributed by atoms with Crippen molar-refractivity contribution in [1.29, 1.82) is 0 Å². The van der Waals surface area contributed by atoms with Gasteiger partial charge in [-0.3, -0.25) is 9.59 Å². The molecule has 94 valence electrons. The Hall–Kier alpha value is -0.290. The SMILES string of the molecule is CCCCOC(=O)CC(CBr)OC(=O)CCl. The molecule has 0 radical (unpaired) electrons. The molecule has 1 unspecified atom stereocenters. The third-order valence-corrected chi connectivity index (χ3v) is 2.67. The molecular weight excluding hydrogens is 299 g/mol. The van der Waals surface area contributed by atoms with Gasteiger partial charge >= 0.3 is 11.9 Å². The number of carbonyl (C=O) groups excluding carboxylic acids is 2. The summed E-state index contributed by atoms with van der Waals surface area (Å²) in [5.74, 6) is -1.11. The van der Waals surface area contributed by atoms with Crippen LogP contribution >= 0.6 is 27.5 Å². The van der Waals surface area contributed by atoms with E-state index >= 15 is 0 Å². The fourth-order valence-electron chi connectivity index (χ4n) is 0.920. The van der Waals surface area contributed by atoms with Gasteiger partial charge in [-0.15, -0.1) is 11.6 Å². The number of ether oxygens (including phenoxy) is 2. The first-order valence-corrected chi connectivity index (χ1v) is 6.76. The number of hydrogen-bond donors (Lipinski definition) is 0. The van der Waals surface area contributed by atoms with E-state index in [0.29, 0.717) is 11.9 Å². The van der Waals surface area contributed by atoms with E-state index in [4.69, 9.17) is 21.1 Å². The van der Waals surface area contributed by atoms with E-state index in [0.717, 1.165) is 12.8 Å². The van der Waals surface area contributed by atoms with E-state index in [1.165, 1.54) is 0 Å². The first-order valence-electron chi connectivity index (χ1n) is 5.11. The highest BCUT2D eigenvalue weighted by Gasteiger charge is 2.17. The van der Waals surface area contributed by atoms with Crippen LogP contribution in [-0.4, -0.2) is 35.9 Å². The smallest absolute Gasteiger partial charge is 0.321 e. The Balaban J connectivity index is 3.83. The van der Waals surface area contributed by atoms with Gasteiger partial charge in [0.1, 0.15) is 12.0 Å². The van der Waals surface area contributed by atoms with E-state index in [1.807, 2.05) is 6.92 Å². The molecule has 0 aromatic heterocycles. The molecule has 0 N–H and O–H groups in total. The molecule has 0 aliphatic heterocycles. The molecular formula is C10H16BrClO4. The molecule has 4 nitrogen and oxygen atoms in total. The lowest BCUT2D eigenvalue weighted by Gasteiger charge is -2.13. The van der Waals surface area contributed by atoms with E-state index in [9.17, 15) is 9.59 Å². The summed E-state index contributed by atoms with van der Waals surface area (Å²) < 4.78 is 9.85. The zero-order valence-corrected chi connectivity index (χ0v) is 11.6. The van der Waals surface area contributed by atoms with Crippen molar-refractivity contribution in [1.82, 2.24) is 0 Å². The van der Waals surface area contributed by atoms with Crippen molar-refractivity contribution in [2.24, 2.45) is 0 Å². The second kappa shape index (κ2) is 9.90. The van der Waals surface area contributed by atoms with Crippen molar-refractivity contribution >= 4 is 39.5 Å². The van der Waals surface area contributed by atoms with Crippen LogP contribution in [0, 0.1) is 0 Å². The lowest BCUT2D eigenvalue weighted by molar-refractivity contribution is -0.152. The molecule has 0 rings (SSSR count). The van der Waals surface area contributed by atoms with Crippen LogP contribution in [0.4, 0.5) is 0 Å². The zero-order chi connectivity index (χ0) is 12.4. The van der Waals surface area contributed by atoms with Crippen LogP contribution in [0.2, 0.25) is 0 Å². The van der Waals surface area contributed by atoms with Gasteiger partial charge in [-0.05, 0) is 6.42 Å². The fourth-order valence-corrected chi connectivity index (χ4v) is 1.34. The summed E-state index contributed by atoms with van der Waals surface area (Å²) in [6.45, 7) is 2.42. The van der Waals surface area contributed by atoms with Gasteiger partial charge in [0.15, 0.2) is 0 Å². The van der Waals surface area contributed by atoms with Crippen molar-refractivity contribution in [3.8, 4) is 0 Å². The van der Waals surface area contributed by atoms with Crippen LogP contribution in [-0.2, 0) is 19.1 Å². The summed E-state index contributed by atoms with van der Waals surface area (Å²) in [4.78, 5) is 22.2. The zero-order valence-electron chi connectivity index (χ0n) is 9.21. The van der Waals surface area contributed by atoms with Gasteiger partial charge in [0.25, 0.3) is 0 Å². The Morgan fingerprint density at radius 3 is 2.56 bits per heavy atom. The Morgan fingerprint density at radius 1 is 1.38 bits per heavy atom. The molecule has 0 saturated carbocycles. The van der Waals surface area contributed by atoms with Crippen LogP contribution in [0.1, 0.15) is 26.2 Å². The normalized spacial score (nSPS) is 11.9. The van der Waals surface area contributed by atoms with Crippen molar-refractivity contribution in [3.63, 3.8) is 0 Å². The molecule has 0 aromatic rings. The number of esters is 2. The maximum atomic E-state index is 11.3. The minimum atomic E-state index is -0.535. The molecule has 0 bridgehead atoms. The summed E-state index contributed by atoms with van der Waals surface area (Å²) in [7, 11) is 0. The largest absolute Gasteiger partial charge is 0.466 e. The summed E-state index contributed by atoms with van der Waals surface area (Å²) in [5.41, 5.74) is 0. The highest BCUT2D eigenvalue weighted by Crippen LogP contribution is 2.06. The first kappa shape index (κ1) is 15.7. The van der Waals surface area contributed by atoms with Crippen molar-refractivity contribution in [2.75, 3.05) is 17.8 Å². The second-order valence-electron chi connectivity index (χ2n) is 3.18. The maximum absolute atomic E-state index is 11.3. The highest BCUT2D eigenvalue weighted by atomic mass is 79.9. The van der Waals surface area contributed by atoms with Crippen molar-refractivity contribution in [3.05, 3.63) is 0 Å². The summed E-state index contributed by atoms with van der Waals surface area (Å²) in [6.07, 6.45) is 1.35. The Kier molecular flexibility index (Phi) is 9.72. The molecule has 16 heavy (non-hydrogen) atoms. The molecule has 1 atom stereocenters. The van der Waals surface area contributed by atoms with Crippen molar-refractivity contribution < 1.29 is 19.1 Å². The van der Waals surface area contributed by atoms with Crippen LogP contribution in [0.3, 0.4) is 0 Å². The molecule has 0 aromatic carbocycles. The van der Waals surface area contributed by atoms with E-state index in [-0.39, 0.29) is 18.3 Å². The second-order valence-corrected chi connectivity index (χ2v) is 4.09. The summed E-state index contributed by atoms with van der Waals surface area (Å²) in [5, 5.41) is 0.387. The van der Waals surface area contributed by atoms with Crippen LogP contribution in [0.25, 0.3) is 0 Å². The third kappa shape index (κ3) is 7.93. The van der Waals surface area contributed by atoms with Crippen LogP contribution < -0.4 is 0 Å². The molecule has 0 amide bonds. The minimum Gasteiger partial charge on any atom is -0.466 e. The Bertz CT molecular complexity index is 223. The lowest BCUT2D eigenvalue weighted by atomic mass is 10.3. The molecule has 0 aliphatic rings. The van der Waals surface area contributed by atoms with Crippen LogP contribution in [0.5, 0.6) is 0 Å². The summed E-state index contributed by atoms with van der Waals surface area (Å²) in [6, 6.07) is 0. The Morgan fingerprint density at radius 2 is 2.06 bits per heavy atom. The third-order valence-electron chi connectivity index (χ3n) is 1.73. The van der Waals surface area contributed by atoms with Crippen LogP contribution in [0.15, 0.2) is 0 Å². The average Bonchev–Trinajstić information content (AvgIpc) is 2.28. The molecule has 0 spiro atoms. The van der Waals surface area contributed by atoms with Gasteiger partial charge in [0, 0.05) is 5.33 Å². The van der Waals surface area contributed by atoms with E-state index in [1.54, 1.807) is 0 Å². The van der Waals surface area contributed by atoms with E-state index < -0.39 is 12.1 Å². The quantitative estimate of drug-likeness (QED) is 0.392. The lowest BCUT2D eigenvalue weighted by Crippen LogP contribution is -2.24. The predicted molar refractivity (Wildman–Crippen MR) is 64.9 cm³/mol. The minimum absolute atomic E-state index is 0.0532. The number of rotatable bonds is 8. The van der Waals surface area contributed by atoms with Gasteiger partial charge < -0.3 is 9.47 Å². The number of unbranched alkanes of at least 4 members (excludes halogenated alkanes) is 1. The molecule has 0 aliphatic carbocycles. The standard InChI is InChI=1S/C10H16BrClO4/c1-2-3-4-15-9(13)5-8(6-11)16-10(14)7-12/h8H,2-7H2,1H3. The van der Waals surface area contributed by atoms with E-state index in [2.05, 4.69) is 15.9 Å². The molecule has 0 saturated heterocycles. The van der Waals surface area contributed by atoms with Gasteiger partial charge in [-0.2, -0.15) is 0 Å². The summed E-state index contributed by atoms with van der Waals surface area (Å²) >= 11 is 8.44. The van der Waals surface area contributed by atoms with Gasteiger partial charge in [-0.1, -0.05) is 29.3 Å². The predicted octanol–water partition coefficient (Wildman–Crippen LogP) is 2.27. The highest BCUT2D eigenvalue weighted by molar-refractivity contribution is 9.09. The van der Waals surface area contributed by atoms with Gasteiger partial charge in [0.2, 0.25) is 0 Å². The average molecular weight is 316 g/mol. The molecule has 0 heterocycles. The topological polar surface area (TPSA) is 52.6 Å². The number of halogens is 2. The first-order chi connectivity index (χ1) is 7.63.